The first-order chi connectivity index (χ1) is 7.97. The van der Waals surface area contributed by atoms with Crippen molar-refractivity contribution in [2.75, 3.05) is 0 Å². The van der Waals surface area contributed by atoms with E-state index >= 15 is 0 Å². The molecule has 0 fully saturated rings. The molecule has 0 saturated heterocycles. The molecule has 0 N–H and O–H groups in total. The topological polar surface area (TPSA) is 25.8 Å². The van der Waals surface area contributed by atoms with E-state index in [0.717, 1.165) is 6.42 Å². The first-order valence-corrected chi connectivity index (χ1v) is 7.47. The van der Waals surface area contributed by atoms with Gasteiger partial charge in [0.25, 0.3) is 0 Å². The average molecular weight is 266 g/mol. The normalized spacial score (nSPS) is 13.9. The number of aromatic nitrogens is 2. The summed E-state index contributed by atoms with van der Waals surface area (Å²) in [6.45, 7) is 8.85. The molecule has 2 heterocycles. The lowest BCUT2D eigenvalue weighted by Crippen LogP contribution is -2.09. The number of hydrogen-bond acceptors (Lipinski definition) is 4. The van der Waals surface area contributed by atoms with Crippen molar-refractivity contribution in [2.24, 2.45) is 0 Å². The molecule has 2 rings (SSSR count). The highest BCUT2D eigenvalue weighted by Crippen LogP contribution is 2.29. The van der Waals surface area contributed by atoms with Crippen molar-refractivity contribution in [3.05, 3.63) is 33.2 Å². The van der Waals surface area contributed by atoms with Crippen LogP contribution in [0.2, 0.25) is 0 Å². The third kappa shape index (κ3) is 3.13. The maximum atomic E-state index is 4.52. The molecule has 2 aromatic rings. The predicted molar refractivity (Wildman–Crippen MR) is 75.0 cm³/mol. The Balaban J connectivity index is 2.07. The van der Waals surface area contributed by atoms with Gasteiger partial charge < -0.3 is 0 Å². The predicted octanol–water partition coefficient (Wildman–Crippen LogP) is 4.24. The molecule has 2 nitrogen and oxygen atoms in total. The summed E-state index contributed by atoms with van der Waals surface area (Å²) < 4.78 is 4.39. The van der Waals surface area contributed by atoms with Crippen molar-refractivity contribution >= 4 is 22.9 Å². The SMILES string of the molecule is CC(Cc1cnc(C(C)(C)C)s1)c1ccsn1. The third-order valence-corrected chi connectivity index (χ3v) is 4.68. The minimum atomic E-state index is 0.160. The molecule has 1 atom stereocenters. The van der Waals surface area contributed by atoms with Crippen LogP contribution >= 0.6 is 22.9 Å². The molecular formula is C13H18N2S2. The molecule has 17 heavy (non-hydrogen) atoms. The van der Waals surface area contributed by atoms with E-state index in [1.165, 1.54) is 27.1 Å². The van der Waals surface area contributed by atoms with E-state index in [0.29, 0.717) is 5.92 Å². The van der Waals surface area contributed by atoms with Gasteiger partial charge in [0.1, 0.15) is 0 Å². The van der Waals surface area contributed by atoms with E-state index in [1.807, 2.05) is 22.9 Å². The monoisotopic (exact) mass is 266 g/mol. The smallest absolute Gasteiger partial charge is 0.0981 e. The zero-order valence-electron chi connectivity index (χ0n) is 10.7. The van der Waals surface area contributed by atoms with Gasteiger partial charge >= 0.3 is 0 Å². The minimum absolute atomic E-state index is 0.160. The van der Waals surface area contributed by atoms with E-state index in [4.69, 9.17) is 0 Å². The zero-order chi connectivity index (χ0) is 12.5. The first kappa shape index (κ1) is 12.7. The van der Waals surface area contributed by atoms with Crippen LogP contribution in [0.15, 0.2) is 17.6 Å². The lowest BCUT2D eigenvalue weighted by molar-refractivity contribution is 0.585. The van der Waals surface area contributed by atoms with Crippen LogP contribution in [0.1, 0.15) is 49.2 Å². The van der Waals surface area contributed by atoms with E-state index in [-0.39, 0.29) is 5.41 Å². The molecular weight excluding hydrogens is 248 g/mol. The van der Waals surface area contributed by atoms with E-state index in [1.54, 1.807) is 0 Å². The lowest BCUT2D eigenvalue weighted by Gasteiger charge is -2.13. The number of thiazole rings is 1. The highest BCUT2D eigenvalue weighted by Gasteiger charge is 2.19. The van der Waals surface area contributed by atoms with Crippen LogP contribution in [0.5, 0.6) is 0 Å². The van der Waals surface area contributed by atoms with E-state index < -0.39 is 0 Å². The third-order valence-electron chi connectivity index (χ3n) is 2.67. The molecule has 0 spiro atoms. The summed E-state index contributed by atoms with van der Waals surface area (Å²) >= 11 is 3.36. The molecule has 0 amide bonds. The Bertz CT molecular complexity index is 466. The Hall–Kier alpha value is -0.740. The van der Waals surface area contributed by atoms with Gasteiger partial charge in [-0.15, -0.1) is 11.3 Å². The Morgan fingerprint density at radius 3 is 2.65 bits per heavy atom. The van der Waals surface area contributed by atoms with Crippen molar-refractivity contribution in [1.29, 1.82) is 0 Å². The maximum Gasteiger partial charge on any atom is 0.0981 e. The second kappa shape index (κ2) is 4.86. The molecule has 2 aromatic heterocycles. The van der Waals surface area contributed by atoms with Crippen molar-refractivity contribution in [2.45, 2.75) is 45.4 Å². The van der Waals surface area contributed by atoms with Gasteiger partial charge in [-0.05, 0) is 24.0 Å². The Labute approximate surface area is 111 Å². The molecule has 0 radical (unpaired) electrons. The van der Waals surface area contributed by atoms with E-state index in [2.05, 4.69) is 43.1 Å². The number of hydrogen-bond donors (Lipinski definition) is 0. The van der Waals surface area contributed by atoms with Crippen molar-refractivity contribution in [3.63, 3.8) is 0 Å². The van der Waals surface area contributed by atoms with E-state index in [9.17, 15) is 0 Å². The largest absolute Gasteiger partial charge is 0.249 e. The summed E-state index contributed by atoms with van der Waals surface area (Å²) in [5, 5.41) is 3.26. The summed E-state index contributed by atoms with van der Waals surface area (Å²) in [4.78, 5) is 5.88. The molecule has 0 aliphatic rings. The molecule has 0 aliphatic carbocycles. The van der Waals surface area contributed by atoms with Gasteiger partial charge in [0.15, 0.2) is 0 Å². The van der Waals surface area contributed by atoms with Crippen molar-refractivity contribution < 1.29 is 0 Å². The molecule has 4 heteroatoms. The Morgan fingerprint density at radius 1 is 1.35 bits per heavy atom. The number of rotatable bonds is 3. The highest BCUT2D eigenvalue weighted by molar-refractivity contribution is 7.11. The summed E-state index contributed by atoms with van der Waals surface area (Å²) in [5.41, 5.74) is 1.35. The fraction of sp³-hybridized carbons (Fsp3) is 0.538. The van der Waals surface area contributed by atoms with Crippen LogP contribution in [0, 0.1) is 0 Å². The van der Waals surface area contributed by atoms with Crippen LogP contribution in [0.3, 0.4) is 0 Å². The molecule has 92 valence electrons. The zero-order valence-corrected chi connectivity index (χ0v) is 12.4. The summed E-state index contributed by atoms with van der Waals surface area (Å²) in [6, 6.07) is 2.11. The highest BCUT2D eigenvalue weighted by atomic mass is 32.1. The lowest BCUT2D eigenvalue weighted by atomic mass is 9.98. The summed E-state index contributed by atoms with van der Waals surface area (Å²) in [7, 11) is 0. The minimum Gasteiger partial charge on any atom is -0.249 e. The van der Waals surface area contributed by atoms with Crippen LogP contribution < -0.4 is 0 Å². The van der Waals surface area contributed by atoms with Gasteiger partial charge in [0, 0.05) is 27.8 Å². The fourth-order valence-electron chi connectivity index (χ4n) is 1.63. The van der Waals surface area contributed by atoms with Gasteiger partial charge in [-0.1, -0.05) is 27.7 Å². The van der Waals surface area contributed by atoms with Gasteiger partial charge in [0.05, 0.1) is 10.7 Å². The molecule has 1 unspecified atom stereocenters. The van der Waals surface area contributed by atoms with Crippen molar-refractivity contribution in [3.8, 4) is 0 Å². The molecule has 0 saturated carbocycles. The summed E-state index contributed by atoms with van der Waals surface area (Å²) in [5.74, 6) is 0.481. The van der Waals surface area contributed by atoms with Gasteiger partial charge in [-0.2, -0.15) is 4.37 Å². The van der Waals surface area contributed by atoms with Crippen LogP contribution in [-0.4, -0.2) is 9.36 Å². The molecule has 0 aliphatic heterocycles. The molecule has 0 bridgehead atoms. The van der Waals surface area contributed by atoms with Crippen LogP contribution in [-0.2, 0) is 11.8 Å². The van der Waals surface area contributed by atoms with Crippen molar-refractivity contribution in [1.82, 2.24) is 9.36 Å². The van der Waals surface area contributed by atoms with Crippen LogP contribution in [0.25, 0.3) is 0 Å². The van der Waals surface area contributed by atoms with Crippen LogP contribution in [0.4, 0.5) is 0 Å². The average Bonchev–Trinajstić information content (AvgIpc) is 2.85. The second-order valence-corrected chi connectivity index (χ2v) is 7.19. The summed E-state index contributed by atoms with van der Waals surface area (Å²) in [6.07, 6.45) is 3.06. The Morgan fingerprint density at radius 2 is 2.12 bits per heavy atom. The number of nitrogens with zero attached hydrogens (tertiary/aromatic N) is 2. The fourth-order valence-corrected chi connectivity index (χ4v) is 3.35. The van der Waals surface area contributed by atoms with Gasteiger partial charge in [0.2, 0.25) is 0 Å². The first-order valence-electron chi connectivity index (χ1n) is 5.82. The standard InChI is InChI=1S/C13H18N2S2/c1-9(11-5-6-16-15-11)7-10-8-14-12(17-10)13(2,3)4/h5-6,8-9H,7H2,1-4H3. The Kier molecular flexibility index (Phi) is 3.64. The second-order valence-electron chi connectivity index (χ2n) is 5.41. The van der Waals surface area contributed by atoms with Gasteiger partial charge in [-0.3, -0.25) is 0 Å². The van der Waals surface area contributed by atoms with Gasteiger partial charge in [-0.25, -0.2) is 4.98 Å². The maximum absolute atomic E-state index is 4.52. The quantitative estimate of drug-likeness (QED) is 0.830. The molecule has 0 aromatic carbocycles.